The Morgan fingerprint density at radius 3 is 2.27 bits per heavy atom. The summed E-state index contributed by atoms with van der Waals surface area (Å²) < 4.78 is 0. The second-order valence-corrected chi connectivity index (χ2v) is 5.68. The van der Waals surface area contributed by atoms with Gasteiger partial charge in [-0.2, -0.15) is 0 Å². The standard InChI is InChI=1S/C18H18N2O2/c1-12-8-13(2)10-15(9-12)20-17(21)11-16(18(20)22)19-14-6-4-3-5-7-14/h3-10,16,19H,11H2,1-2H3. The molecule has 1 unspecified atom stereocenters. The van der Waals surface area contributed by atoms with Crippen LogP contribution < -0.4 is 10.2 Å². The lowest BCUT2D eigenvalue weighted by atomic mass is 10.1. The summed E-state index contributed by atoms with van der Waals surface area (Å²) in [5.74, 6) is -0.359. The molecule has 112 valence electrons. The van der Waals surface area contributed by atoms with Crippen LogP contribution in [0, 0.1) is 13.8 Å². The van der Waals surface area contributed by atoms with Crippen molar-refractivity contribution in [1.82, 2.24) is 0 Å². The maximum atomic E-state index is 12.6. The van der Waals surface area contributed by atoms with Crippen LogP contribution in [-0.4, -0.2) is 17.9 Å². The zero-order chi connectivity index (χ0) is 15.7. The Morgan fingerprint density at radius 2 is 1.64 bits per heavy atom. The van der Waals surface area contributed by atoms with Crippen LogP contribution >= 0.6 is 0 Å². The Bertz CT molecular complexity index is 705. The van der Waals surface area contributed by atoms with Crippen molar-refractivity contribution in [1.29, 1.82) is 0 Å². The smallest absolute Gasteiger partial charge is 0.256 e. The van der Waals surface area contributed by atoms with Gasteiger partial charge in [-0.1, -0.05) is 24.3 Å². The van der Waals surface area contributed by atoms with Crippen molar-refractivity contribution in [2.24, 2.45) is 0 Å². The number of carbonyl (C=O) groups excluding carboxylic acids is 2. The molecule has 4 nitrogen and oxygen atoms in total. The highest BCUT2D eigenvalue weighted by molar-refractivity contribution is 6.23. The molecule has 0 saturated carbocycles. The van der Waals surface area contributed by atoms with E-state index in [9.17, 15) is 9.59 Å². The Labute approximate surface area is 129 Å². The fourth-order valence-corrected chi connectivity index (χ4v) is 2.83. The van der Waals surface area contributed by atoms with Crippen molar-refractivity contribution < 1.29 is 9.59 Å². The number of nitrogens with one attached hydrogen (secondary N) is 1. The van der Waals surface area contributed by atoms with Gasteiger partial charge in [0.1, 0.15) is 6.04 Å². The maximum Gasteiger partial charge on any atom is 0.256 e. The predicted molar refractivity (Wildman–Crippen MR) is 86.9 cm³/mol. The number of anilines is 2. The molecule has 3 rings (SSSR count). The molecule has 2 aromatic rings. The first-order valence-corrected chi connectivity index (χ1v) is 7.31. The highest BCUT2D eigenvalue weighted by atomic mass is 16.2. The summed E-state index contributed by atoms with van der Waals surface area (Å²) in [6.45, 7) is 3.92. The summed E-state index contributed by atoms with van der Waals surface area (Å²) in [5, 5.41) is 3.14. The largest absolute Gasteiger partial charge is 0.373 e. The van der Waals surface area contributed by atoms with Gasteiger partial charge in [0.15, 0.2) is 0 Å². The van der Waals surface area contributed by atoms with E-state index in [2.05, 4.69) is 5.32 Å². The number of nitrogens with zero attached hydrogens (tertiary/aromatic N) is 1. The first kappa shape index (κ1) is 14.3. The second-order valence-electron chi connectivity index (χ2n) is 5.68. The van der Waals surface area contributed by atoms with Gasteiger partial charge in [0, 0.05) is 5.69 Å². The van der Waals surface area contributed by atoms with Crippen LogP contribution in [0.15, 0.2) is 48.5 Å². The Morgan fingerprint density at radius 1 is 1.00 bits per heavy atom. The molecule has 2 amide bonds. The zero-order valence-corrected chi connectivity index (χ0v) is 12.7. The topological polar surface area (TPSA) is 49.4 Å². The third-order valence-electron chi connectivity index (χ3n) is 3.73. The summed E-state index contributed by atoms with van der Waals surface area (Å²) in [7, 11) is 0. The fourth-order valence-electron chi connectivity index (χ4n) is 2.83. The zero-order valence-electron chi connectivity index (χ0n) is 12.7. The molecule has 0 bridgehead atoms. The number of carbonyl (C=O) groups is 2. The van der Waals surface area contributed by atoms with E-state index in [-0.39, 0.29) is 18.2 Å². The number of amides is 2. The average molecular weight is 294 g/mol. The molecule has 1 fully saturated rings. The number of benzene rings is 2. The molecule has 22 heavy (non-hydrogen) atoms. The quantitative estimate of drug-likeness (QED) is 0.885. The number of hydrogen-bond donors (Lipinski definition) is 1. The molecular weight excluding hydrogens is 276 g/mol. The van der Waals surface area contributed by atoms with Gasteiger partial charge in [-0.3, -0.25) is 9.59 Å². The average Bonchev–Trinajstić information content (AvgIpc) is 2.73. The van der Waals surface area contributed by atoms with E-state index in [1.165, 1.54) is 4.90 Å². The Balaban J connectivity index is 1.85. The molecule has 0 aliphatic carbocycles. The minimum absolute atomic E-state index is 0.163. The number of imide groups is 1. The summed E-state index contributed by atoms with van der Waals surface area (Å²) in [6.07, 6.45) is 0.181. The van der Waals surface area contributed by atoms with Crippen molar-refractivity contribution in [2.75, 3.05) is 10.2 Å². The Kier molecular flexibility index (Phi) is 3.67. The molecule has 0 spiro atoms. The van der Waals surface area contributed by atoms with Crippen LogP contribution in [0.5, 0.6) is 0 Å². The maximum absolute atomic E-state index is 12.6. The minimum atomic E-state index is -0.504. The van der Waals surface area contributed by atoms with Gasteiger partial charge < -0.3 is 5.32 Å². The fraction of sp³-hybridized carbons (Fsp3) is 0.222. The van der Waals surface area contributed by atoms with Crippen molar-refractivity contribution in [3.63, 3.8) is 0 Å². The number of hydrogen-bond acceptors (Lipinski definition) is 3. The van der Waals surface area contributed by atoms with E-state index in [4.69, 9.17) is 0 Å². The molecule has 0 aromatic heterocycles. The normalized spacial score (nSPS) is 17.9. The highest BCUT2D eigenvalue weighted by Crippen LogP contribution is 2.26. The van der Waals surface area contributed by atoms with Crippen molar-refractivity contribution in [3.8, 4) is 0 Å². The van der Waals surface area contributed by atoms with Gasteiger partial charge in [-0.15, -0.1) is 0 Å². The molecule has 1 heterocycles. The van der Waals surface area contributed by atoms with E-state index < -0.39 is 6.04 Å². The van der Waals surface area contributed by atoms with Gasteiger partial charge in [-0.05, 0) is 49.2 Å². The molecule has 2 aromatic carbocycles. The number of aryl methyl sites for hydroxylation is 2. The lowest BCUT2D eigenvalue weighted by Crippen LogP contribution is -2.34. The number of para-hydroxylation sites is 1. The second kappa shape index (κ2) is 5.64. The minimum Gasteiger partial charge on any atom is -0.373 e. The van der Waals surface area contributed by atoms with Gasteiger partial charge in [0.2, 0.25) is 5.91 Å². The molecule has 1 aliphatic rings. The van der Waals surface area contributed by atoms with Gasteiger partial charge in [0.05, 0.1) is 12.1 Å². The van der Waals surface area contributed by atoms with E-state index in [1.807, 2.05) is 62.4 Å². The monoisotopic (exact) mass is 294 g/mol. The van der Waals surface area contributed by atoms with Crippen molar-refractivity contribution in [3.05, 3.63) is 59.7 Å². The lowest BCUT2D eigenvalue weighted by Gasteiger charge is -2.17. The summed E-state index contributed by atoms with van der Waals surface area (Å²) >= 11 is 0. The molecule has 1 aliphatic heterocycles. The van der Waals surface area contributed by atoms with Crippen LogP contribution in [-0.2, 0) is 9.59 Å². The highest BCUT2D eigenvalue weighted by Gasteiger charge is 2.39. The summed E-state index contributed by atoms with van der Waals surface area (Å²) in [6, 6.07) is 14.7. The van der Waals surface area contributed by atoms with Crippen molar-refractivity contribution >= 4 is 23.2 Å². The van der Waals surface area contributed by atoms with Gasteiger partial charge in [-0.25, -0.2) is 4.90 Å². The van der Waals surface area contributed by atoms with Crippen LogP contribution in [0.3, 0.4) is 0 Å². The number of rotatable bonds is 3. The van der Waals surface area contributed by atoms with Crippen LogP contribution in [0.2, 0.25) is 0 Å². The summed E-state index contributed by atoms with van der Waals surface area (Å²) in [4.78, 5) is 26.2. The molecule has 0 radical (unpaired) electrons. The molecule has 4 heteroatoms. The Hall–Kier alpha value is -2.62. The van der Waals surface area contributed by atoms with E-state index in [0.717, 1.165) is 16.8 Å². The third-order valence-corrected chi connectivity index (χ3v) is 3.73. The van der Waals surface area contributed by atoms with E-state index in [0.29, 0.717) is 5.69 Å². The summed E-state index contributed by atoms with van der Waals surface area (Å²) in [5.41, 5.74) is 3.57. The van der Waals surface area contributed by atoms with Gasteiger partial charge in [0.25, 0.3) is 5.91 Å². The predicted octanol–water partition coefficient (Wildman–Crippen LogP) is 3.05. The SMILES string of the molecule is Cc1cc(C)cc(N2C(=O)CC(Nc3ccccc3)C2=O)c1. The van der Waals surface area contributed by atoms with Crippen LogP contribution in [0.25, 0.3) is 0 Å². The molecule has 1 N–H and O–H groups in total. The van der Waals surface area contributed by atoms with Crippen LogP contribution in [0.1, 0.15) is 17.5 Å². The lowest BCUT2D eigenvalue weighted by molar-refractivity contribution is -0.121. The first-order valence-electron chi connectivity index (χ1n) is 7.31. The molecule has 1 atom stereocenters. The van der Waals surface area contributed by atoms with Crippen molar-refractivity contribution in [2.45, 2.75) is 26.3 Å². The molecular formula is C18H18N2O2. The van der Waals surface area contributed by atoms with E-state index in [1.54, 1.807) is 0 Å². The third kappa shape index (κ3) is 2.72. The molecule has 1 saturated heterocycles. The first-order chi connectivity index (χ1) is 10.5. The van der Waals surface area contributed by atoms with Gasteiger partial charge >= 0.3 is 0 Å². The van der Waals surface area contributed by atoms with Crippen LogP contribution in [0.4, 0.5) is 11.4 Å². The van der Waals surface area contributed by atoms with E-state index >= 15 is 0 Å².